The molecule has 2 N–H and O–H groups in total. The molecule has 0 heterocycles. The SMILES string of the molecule is CNC(=O)C(=O)C(C)CNC(=O)C(=O)C(C)C. The van der Waals surface area contributed by atoms with E-state index in [4.69, 9.17) is 0 Å². The van der Waals surface area contributed by atoms with Gasteiger partial charge in [0.15, 0.2) is 0 Å². The Bertz CT molecular complexity index is 336. The summed E-state index contributed by atoms with van der Waals surface area (Å²) in [5.41, 5.74) is 0. The number of nitrogens with one attached hydrogen (secondary N) is 2. The highest BCUT2D eigenvalue weighted by Crippen LogP contribution is 1.97. The van der Waals surface area contributed by atoms with Gasteiger partial charge in [-0.3, -0.25) is 19.2 Å². The van der Waals surface area contributed by atoms with Crippen molar-refractivity contribution in [3.63, 3.8) is 0 Å². The van der Waals surface area contributed by atoms with Gasteiger partial charge in [-0.15, -0.1) is 0 Å². The van der Waals surface area contributed by atoms with Crippen molar-refractivity contribution >= 4 is 23.4 Å². The van der Waals surface area contributed by atoms with Gasteiger partial charge in [-0.1, -0.05) is 20.8 Å². The summed E-state index contributed by atoms with van der Waals surface area (Å²) in [5, 5.41) is 4.54. The Labute approximate surface area is 100 Å². The minimum atomic E-state index is -0.725. The first-order valence-electron chi connectivity index (χ1n) is 5.39. The summed E-state index contributed by atoms with van der Waals surface area (Å²) in [7, 11) is 1.35. The zero-order valence-electron chi connectivity index (χ0n) is 10.5. The molecule has 0 spiro atoms. The van der Waals surface area contributed by atoms with E-state index in [1.54, 1.807) is 13.8 Å². The second-order valence-electron chi connectivity index (χ2n) is 4.07. The molecule has 1 atom stereocenters. The zero-order valence-corrected chi connectivity index (χ0v) is 10.5. The molecule has 6 nitrogen and oxygen atoms in total. The third-order valence-electron chi connectivity index (χ3n) is 2.22. The van der Waals surface area contributed by atoms with Gasteiger partial charge in [-0.25, -0.2) is 0 Å². The minimum absolute atomic E-state index is 0.0243. The van der Waals surface area contributed by atoms with E-state index in [1.165, 1.54) is 14.0 Å². The molecule has 0 aliphatic heterocycles. The van der Waals surface area contributed by atoms with Crippen LogP contribution in [-0.4, -0.2) is 37.0 Å². The fourth-order valence-corrected chi connectivity index (χ4v) is 1.03. The van der Waals surface area contributed by atoms with Crippen LogP contribution in [0.15, 0.2) is 0 Å². The molecule has 0 fully saturated rings. The molecule has 1 unspecified atom stereocenters. The van der Waals surface area contributed by atoms with Gasteiger partial charge in [0.05, 0.1) is 0 Å². The molecule has 0 bridgehead atoms. The molecule has 0 rings (SSSR count). The number of carbonyl (C=O) groups excluding carboxylic acids is 4. The second-order valence-corrected chi connectivity index (χ2v) is 4.07. The smallest absolute Gasteiger partial charge is 0.287 e. The largest absolute Gasteiger partial charge is 0.353 e. The molecule has 96 valence electrons. The van der Waals surface area contributed by atoms with Gasteiger partial charge < -0.3 is 10.6 Å². The number of Topliss-reactive ketones (excluding diaryl/α,β-unsaturated/α-hetero) is 2. The number of ketones is 2. The average Bonchev–Trinajstić information content (AvgIpc) is 2.32. The predicted molar refractivity (Wildman–Crippen MR) is 61.1 cm³/mol. The highest BCUT2D eigenvalue weighted by atomic mass is 16.2. The van der Waals surface area contributed by atoms with Crippen LogP contribution in [0.5, 0.6) is 0 Å². The van der Waals surface area contributed by atoms with E-state index in [-0.39, 0.29) is 12.5 Å². The van der Waals surface area contributed by atoms with E-state index in [0.29, 0.717) is 0 Å². The van der Waals surface area contributed by atoms with Crippen LogP contribution in [0, 0.1) is 11.8 Å². The van der Waals surface area contributed by atoms with Crippen LogP contribution in [0.2, 0.25) is 0 Å². The molecule has 0 saturated carbocycles. The number of carbonyl (C=O) groups is 4. The van der Waals surface area contributed by atoms with Gasteiger partial charge in [0.25, 0.3) is 11.8 Å². The van der Waals surface area contributed by atoms with Gasteiger partial charge in [0, 0.05) is 25.4 Å². The molecule has 0 aromatic carbocycles. The lowest BCUT2D eigenvalue weighted by Gasteiger charge is -2.11. The van der Waals surface area contributed by atoms with Crippen LogP contribution in [0.4, 0.5) is 0 Å². The lowest BCUT2D eigenvalue weighted by Crippen LogP contribution is -2.41. The van der Waals surface area contributed by atoms with E-state index in [1.807, 2.05) is 0 Å². The molecular weight excluding hydrogens is 224 g/mol. The predicted octanol–water partition coefficient (Wildman–Crippen LogP) is -0.721. The summed E-state index contributed by atoms with van der Waals surface area (Å²) in [6.45, 7) is 4.71. The molecule has 0 aliphatic carbocycles. The van der Waals surface area contributed by atoms with Crippen molar-refractivity contribution in [2.75, 3.05) is 13.6 Å². The van der Waals surface area contributed by atoms with Crippen LogP contribution >= 0.6 is 0 Å². The molecule has 6 heteroatoms. The first-order valence-corrected chi connectivity index (χ1v) is 5.39. The summed E-state index contributed by atoms with van der Waals surface area (Å²) in [5.74, 6) is -3.63. The van der Waals surface area contributed by atoms with Crippen LogP contribution in [-0.2, 0) is 19.2 Å². The highest BCUT2D eigenvalue weighted by Gasteiger charge is 2.22. The van der Waals surface area contributed by atoms with Gasteiger partial charge in [0.1, 0.15) is 0 Å². The molecule has 0 aromatic rings. The monoisotopic (exact) mass is 242 g/mol. The number of amides is 2. The standard InChI is InChI=1S/C11H18N2O4/c1-6(2)8(14)11(17)13-5-7(3)9(15)10(16)12-4/h6-7H,5H2,1-4H3,(H,12,16)(H,13,17). The Morgan fingerprint density at radius 3 is 1.88 bits per heavy atom. The number of rotatable bonds is 6. The van der Waals surface area contributed by atoms with Crippen molar-refractivity contribution in [2.45, 2.75) is 20.8 Å². The highest BCUT2D eigenvalue weighted by molar-refractivity contribution is 6.38. The zero-order chi connectivity index (χ0) is 13.6. The molecule has 0 aliphatic rings. The number of hydrogen-bond acceptors (Lipinski definition) is 4. The van der Waals surface area contributed by atoms with Crippen molar-refractivity contribution in [3.8, 4) is 0 Å². The lowest BCUT2D eigenvalue weighted by atomic mass is 10.1. The van der Waals surface area contributed by atoms with E-state index in [2.05, 4.69) is 10.6 Å². The summed E-state index contributed by atoms with van der Waals surface area (Å²) in [4.78, 5) is 44.9. The molecular formula is C11H18N2O4. The van der Waals surface area contributed by atoms with Gasteiger partial charge in [-0.2, -0.15) is 0 Å². The van der Waals surface area contributed by atoms with Crippen LogP contribution < -0.4 is 10.6 Å². The van der Waals surface area contributed by atoms with Crippen molar-refractivity contribution in [1.29, 1.82) is 0 Å². The maximum Gasteiger partial charge on any atom is 0.287 e. The minimum Gasteiger partial charge on any atom is -0.353 e. The Kier molecular flexibility index (Phi) is 6.09. The molecule has 0 radical (unpaired) electrons. The van der Waals surface area contributed by atoms with Crippen molar-refractivity contribution in [1.82, 2.24) is 10.6 Å². The summed E-state index contributed by atoms with van der Waals surface area (Å²) < 4.78 is 0. The molecule has 2 amide bonds. The summed E-state index contributed by atoms with van der Waals surface area (Å²) in [6, 6.07) is 0. The van der Waals surface area contributed by atoms with E-state index < -0.39 is 29.3 Å². The number of likely N-dealkylation sites (N-methyl/N-ethyl adjacent to an activating group) is 1. The van der Waals surface area contributed by atoms with E-state index >= 15 is 0 Å². The Morgan fingerprint density at radius 1 is 0.941 bits per heavy atom. The van der Waals surface area contributed by atoms with Gasteiger partial charge in [0.2, 0.25) is 11.6 Å². The van der Waals surface area contributed by atoms with Crippen LogP contribution in [0.1, 0.15) is 20.8 Å². The van der Waals surface area contributed by atoms with Gasteiger partial charge >= 0.3 is 0 Å². The lowest BCUT2D eigenvalue weighted by molar-refractivity contribution is -0.141. The number of hydrogen-bond donors (Lipinski definition) is 2. The normalized spacial score (nSPS) is 11.8. The molecule has 17 heavy (non-hydrogen) atoms. The third-order valence-corrected chi connectivity index (χ3v) is 2.22. The van der Waals surface area contributed by atoms with Gasteiger partial charge in [-0.05, 0) is 0 Å². The van der Waals surface area contributed by atoms with Crippen molar-refractivity contribution in [3.05, 3.63) is 0 Å². The third kappa shape index (κ3) is 4.76. The first-order chi connectivity index (χ1) is 7.81. The summed E-state index contributed by atoms with van der Waals surface area (Å²) in [6.07, 6.45) is 0. The van der Waals surface area contributed by atoms with Crippen molar-refractivity contribution in [2.24, 2.45) is 11.8 Å². The van der Waals surface area contributed by atoms with Crippen LogP contribution in [0.3, 0.4) is 0 Å². The maximum atomic E-state index is 11.3. The Balaban J connectivity index is 4.21. The van der Waals surface area contributed by atoms with E-state index in [9.17, 15) is 19.2 Å². The fraction of sp³-hybridized carbons (Fsp3) is 0.636. The molecule has 0 saturated heterocycles. The van der Waals surface area contributed by atoms with Crippen LogP contribution in [0.25, 0.3) is 0 Å². The molecule has 0 aromatic heterocycles. The van der Waals surface area contributed by atoms with E-state index in [0.717, 1.165) is 0 Å². The summed E-state index contributed by atoms with van der Waals surface area (Å²) >= 11 is 0. The maximum absolute atomic E-state index is 11.3. The van der Waals surface area contributed by atoms with Crippen molar-refractivity contribution < 1.29 is 19.2 Å². The average molecular weight is 242 g/mol. The fourth-order valence-electron chi connectivity index (χ4n) is 1.03. The Hall–Kier alpha value is -1.72. The first kappa shape index (κ1) is 15.3. The Morgan fingerprint density at radius 2 is 1.47 bits per heavy atom. The second kappa shape index (κ2) is 6.78. The topological polar surface area (TPSA) is 92.3 Å². The quantitative estimate of drug-likeness (QED) is 0.601.